The van der Waals surface area contributed by atoms with Crippen LogP contribution in [-0.2, 0) is 9.53 Å². The smallest absolute Gasteiger partial charge is 0.327 e. The molecule has 1 unspecified atom stereocenters. The molecular weight excluding hydrogens is 209 g/mol. The minimum atomic E-state index is -0.979. The number of benzene rings is 1. The maximum Gasteiger partial charge on any atom is 0.327 e. The molecule has 0 fully saturated rings. The van der Waals surface area contributed by atoms with Gasteiger partial charge in [-0.15, -0.1) is 0 Å². The number of nitrogens with two attached hydrogens (primary N) is 1. The van der Waals surface area contributed by atoms with Crippen LogP contribution in [0, 0.1) is 5.82 Å². The summed E-state index contributed by atoms with van der Waals surface area (Å²) in [7, 11) is 1.22. The fourth-order valence-electron chi connectivity index (χ4n) is 1.01. The first-order chi connectivity index (χ1) is 6.56. The lowest BCUT2D eigenvalue weighted by molar-refractivity contribution is -0.142. The molecule has 0 aliphatic heterocycles. The van der Waals surface area contributed by atoms with Crippen LogP contribution in [0.5, 0.6) is 0 Å². The molecule has 0 spiro atoms. The Hall–Kier alpha value is -1.13. The minimum Gasteiger partial charge on any atom is -0.468 e. The molecule has 0 saturated heterocycles. The summed E-state index contributed by atoms with van der Waals surface area (Å²) in [5.41, 5.74) is 5.87. The molecule has 0 aliphatic carbocycles. The highest BCUT2D eigenvalue weighted by molar-refractivity contribution is 6.31. The Balaban J connectivity index is 3.01. The van der Waals surface area contributed by atoms with Gasteiger partial charge in [-0.1, -0.05) is 17.7 Å². The fourth-order valence-corrected chi connectivity index (χ4v) is 1.29. The van der Waals surface area contributed by atoms with E-state index in [1.807, 2.05) is 0 Å². The van der Waals surface area contributed by atoms with Crippen molar-refractivity contribution in [1.29, 1.82) is 0 Å². The number of carbonyl (C=O) groups excluding carboxylic acids is 1. The van der Waals surface area contributed by atoms with Crippen LogP contribution in [0.3, 0.4) is 0 Å². The molecule has 1 rings (SSSR count). The standard InChI is InChI=1S/C9H9ClFNO2/c1-14-9(13)8(12)6-3-2-5(11)4-7(6)10/h2-4,8H,12H2,1H3. The second-order valence-electron chi connectivity index (χ2n) is 2.67. The summed E-state index contributed by atoms with van der Waals surface area (Å²) in [6.45, 7) is 0. The van der Waals surface area contributed by atoms with Crippen molar-refractivity contribution in [3.63, 3.8) is 0 Å². The van der Waals surface area contributed by atoms with Gasteiger partial charge in [0.15, 0.2) is 0 Å². The maximum atomic E-state index is 12.7. The largest absolute Gasteiger partial charge is 0.468 e. The van der Waals surface area contributed by atoms with Gasteiger partial charge in [0, 0.05) is 5.02 Å². The van der Waals surface area contributed by atoms with Gasteiger partial charge >= 0.3 is 5.97 Å². The molecule has 0 aliphatic rings. The molecule has 0 radical (unpaired) electrons. The third-order valence-electron chi connectivity index (χ3n) is 1.75. The van der Waals surface area contributed by atoms with Crippen LogP contribution >= 0.6 is 11.6 Å². The summed E-state index contributed by atoms with van der Waals surface area (Å²) < 4.78 is 17.1. The fraction of sp³-hybridized carbons (Fsp3) is 0.222. The molecule has 2 N–H and O–H groups in total. The van der Waals surface area contributed by atoms with Gasteiger partial charge < -0.3 is 10.5 Å². The van der Waals surface area contributed by atoms with Gasteiger partial charge in [0.1, 0.15) is 11.9 Å². The first kappa shape index (κ1) is 10.9. The monoisotopic (exact) mass is 217 g/mol. The van der Waals surface area contributed by atoms with E-state index in [4.69, 9.17) is 17.3 Å². The van der Waals surface area contributed by atoms with Gasteiger partial charge in [0.25, 0.3) is 0 Å². The Morgan fingerprint density at radius 3 is 2.79 bits per heavy atom. The lowest BCUT2D eigenvalue weighted by Crippen LogP contribution is -2.22. The highest BCUT2D eigenvalue weighted by Gasteiger charge is 2.18. The van der Waals surface area contributed by atoms with Crippen molar-refractivity contribution in [2.45, 2.75) is 6.04 Å². The number of esters is 1. The first-order valence-corrected chi connectivity index (χ1v) is 4.22. The van der Waals surface area contributed by atoms with E-state index in [1.165, 1.54) is 19.2 Å². The molecule has 3 nitrogen and oxygen atoms in total. The highest BCUT2D eigenvalue weighted by atomic mass is 35.5. The van der Waals surface area contributed by atoms with Crippen molar-refractivity contribution in [2.24, 2.45) is 5.73 Å². The van der Waals surface area contributed by atoms with E-state index in [-0.39, 0.29) is 5.02 Å². The van der Waals surface area contributed by atoms with Crippen molar-refractivity contribution in [3.05, 3.63) is 34.6 Å². The molecule has 1 atom stereocenters. The second kappa shape index (κ2) is 4.39. The second-order valence-corrected chi connectivity index (χ2v) is 3.07. The van der Waals surface area contributed by atoms with Crippen molar-refractivity contribution in [2.75, 3.05) is 7.11 Å². The molecule has 14 heavy (non-hydrogen) atoms. The SMILES string of the molecule is COC(=O)C(N)c1ccc(F)cc1Cl. The zero-order valence-corrected chi connectivity index (χ0v) is 8.22. The van der Waals surface area contributed by atoms with Crippen LogP contribution in [0.2, 0.25) is 5.02 Å². The molecular formula is C9H9ClFNO2. The maximum absolute atomic E-state index is 12.7. The lowest BCUT2D eigenvalue weighted by Gasteiger charge is -2.10. The molecule has 0 amide bonds. The summed E-state index contributed by atoms with van der Waals surface area (Å²) in [6, 6.07) is 2.66. The first-order valence-electron chi connectivity index (χ1n) is 3.84. The average Bonchev–Trinajstić information content (AvgIpc) is 2.15. The van der Waals surface area contributed by atoms with E-state index in [1.54, 1.807) is 0 Å². The molecule has 5 heteroatoms. The van der Waals surface area contributed by atoms with E-state index in [9.17, 15) is 9.18 Å². The molecule has 0 heterocycles. The number of halogens is 2. The van der Waals surface area contributed by atoms with Gasteiger partial charge in [-0.2, -0.15) is 0 Å². The van der Waals surface area contributed by atoms with Gasteiger partial charge in [-0.05, 0) is 17.7 Å². The number of hydrogen-bond donors (Lipinski definition) is 1. The lowest BCUT2D eigenvalue weighted by atomic mass is 10.1. The Labute approximate surface area is 85.6 Å². The average molecular weight is 218 g/mol. The zero-order valence-electron chi connectivity index (χ0n) is 7.46. The normalized spacial score (nSPS) is 12.3. The van der Waals surface area contributed by atoms with Crippen LogP contribution < -0.4 is 5.73 Å². The van der Waals surface area contributed by atoms with Crippen LogP contribution in [0.25, 0.3) is 0 Å². The number of methoxy groups -OCH3 is 1. The summed E-state index contributed by atoms with van der Waals surface area (Å²) in [6.07, 6.45) is 0. The van der Waals surface area contributed by atoms with Crippen LogP contribution in [-0.4, -0.2) is 13.1 Å². The van der Waals surface area contributed by atoms with Crippen molar-refractivity contribution in [3.8, 4) is 0 Å². The van der Waals surface area contributed by atoms with E-state index in [0.29, 0.717) is 5.56 Å². The van der Waals surface area contributed by atoms with Crippen LogP contribution in [0.4, 0.5) is 4.39 Å². The Morgan fingerprint density at radius 2 is 2.29 bits per heavy atom. The third-order valence-corrected chi connectivity index (χ3v) is 2.08. The van der Waals surface area contributed by atoms with Gasteiger partial charge in [-0.3, -0.25) is 4.79 Å². The minimum absolute atomic E-state index is 0.114. The van der Waals surface area contributed by atoms with E-state index in [0.717, 1.165) is 6.07 Å². The van der Waals surface area contributed by atoms with Gasteiger partial charge in [0.05, 0.1) is 7.11 Å². The number of carbonyl (C=O) groups is 1. The zero-order chi connectivity index (χ0) is 10.7. The highest BCUT2D eigenvalue weighted by Crippen LogP contribution is 2.22. The van der Waals surface area contributed by atoms with Crippen molar-refractivity contribution in [1.82, 2.24) is 0 Å². The number of ether oxygens (including phenoxy) is 1. The number of hydrogen-bond acceptors (Lipinski definition) is 3. The van der Waals surface area contributed by atoms with E-state index >= 15 is 0 Å². The van der Waals surface area contributed by atoms with Crippen molar-refractivity contribution >= 4 is 17.6 Å². The molecule has 76 valence electrons. The molecule has 1 aromatic carbocycles. The predicted octanol–water partition coefficient (Wildman–Crippen LogP) is 1.65. The van der Waals surface area contributed by atoms with E-state index < -0.39 is 17.8 Å². The Kier molecular flexibility index (Phi) is 3.43. The number of rotatable bonds is 2. The summed E-state index contributed by atoms with van der Waals surface area (Å²) in [5, 5.41) is 0.114. The van der Waals surface area contributed by atoms with Gasteiger partial charge in [0.2, 0.25) is 0 Å². The molecule has 1 aromatic rings. The molecule has 0 aromatic heterocycles. The van der Waals surface area contributed by atoms with Crippen LogP contribution in [0.15, 0.2) is 18.2 Å². The summed E-state index contributed by atoms with van der Waals surface area (Å²) in [4.78, 5) is 11.0. The predicted molar refractivity (Wildman–Crippen MR) is 50.4 cm³/mol. The molecule has 0 bridgehead atoms. The summed E-state index contributed by atoms with van der Waals surface area (Å²) >= 11 is 5.70. The van der Waals surface area contributed by atoms with E-state index in [2.05, 4.69) is 4.74 Å². The Bertz CT molecular complexity index is 357. The quantitative estimate of drug-likeness (QED) is 0.767. The third kappa shape index (κ3) is 2.21. The Morgan fingerprint density at radius 1 is 1.64 bits per heavy atom. The molecule has 0 saturated carbocycles. The topological polar surface area (TPSA) is 52.3 Å². The summed E-state index contributed by atoms with van der Waals surface area (Å²) in [5.74, 6) is -1.09. The van der Waals surface area contributed by atoms with Gasteiger partial charge in [-0.25, -0.2) is 4.39 Å². The van der Waals surface area contributed by atoms with Crippen molar-refractivity contribution < 1.29 is 13.9 Å². The van der Waals surface area contributed by atoms with Crippen LogP contribution in [0.1, 0.15) is 11.6 Å².